The maximum absolute atomic E-state index is 13.3. The van der Waals surface area contributed by atoms with Gasteiger partial charge >= 0.3 is 0 Å². The Hall–Kier alpha value is -1.39. The first-order valence-electron chi connectivity index (χ1n) is 6.04. The van der Waals surface area contributed by atoms with Crippen LogP contribution in [0.3, 0.4) is 0 Å². The van der Waals surface area contributed by atoms with Crippen molar-refractivity contribution in [1.29, 1.82) is 0 Å². The number of hydrogen-bond acceptors (Lipinski definition) is 2. The van der Waals surface area contributed by atoms with Gasteiger partial charge < -0.3 is 9.84 Å². The van der Waals surface area contributed by atoms with Gasteiger partial charge in [-0.3, -0.25) is 0 Å². The van der Waals surface area contributed by atoms with E-state index in [1.807, 2.05) is 24.3 Å². The lowest BCUT2D eigenvalue weighted by Gasteiger charge is -2.30. The third-order valence-corrected chi connectivity index (χ3v) is 4.02. The molecular formula is C15H12BrFO2. The number of aliphatic hydroxyl groups is 1. The summed E-state index contributed by atoms with van der Waals surface area (Å²) in [4.78, 5) is 0. The zero-order valence-electron chi connectivity index (χ0n) is 10.0. The van der Waals surface area contributed by atoms with Crippen molar-refractivity contribution in [3.63, 3.8) is 0 Å². The largest absolute Gasteiger partial charge is 0.485 e. The quantitative estimate of drug-likeness (QED) is 0.854. The zero-order chi connectivity index (χ0) is 13.4. The van der Waals surface area contributed by atoms with E-state index in [1.54, 1.807) is 6.07 Å². The highest BCUT2D eigenvalue weighted by Gasteiger charge is 2.29. The molecule has 0 aromatic heterocycles. The Balaban J connectivity index is 1.99. The van der Waals surface area contributed by atoms with E-state index < -0.39 is 6.10 Å². The average Bonchev–Trinajstić information content (AvgIpc) is 2.38. The monoisotopic (exact) mass is 322 g/mol. The Labute approximate surface area is 119 Å². The van der Waals surface area contributed by atoms with Crippen molar-refractivity contribution >= 4 is 15.9 Å². The normalized spacial score (nSPS) is 21.6. The van der Waals surface area contributed by atoms with Crippen LogP contribution in [0.4, 0.5) is 4.39 Å². The van der Waals surface area contributed by atoms with Crippen LogP contribution in [-0.4, -0.2) is 5.11 Å². The molecule has 0 amide bonds. The highest BCUT2D eigenvalue weighted by molar-refractivity contribution is 9.10. The molecule has 1 aliphatic heterocycles. The molecule has 3 rings (SSSR count). The van der Waals surface area contributed by atoms with E-state index in [0.717, 1.165) is 10.0 Å². The van der Waals surface area contributed by atoms with Crippen LogP contribution in [0.1, 0.15) is 29.8 Å². The highest BCUT2D eigenvalue weighted by atomic mass is 79.9. The fourth-order valence-electron chi connectivity index (χ4n) is 2.34. The number of ether oxygens (including phenoxy) is 1. The van der Waals surface area contributed by atoms with Gasteiger partial charge in [0.2, 0.25) is 0 Å². The smallest absolute Gasteiger partial charge is 0.128 e. The maximum atomic E-state index is 13.3. The molecule has 0 spiro atoms. The summed E-state index contributed by atoms with van der Waals surface area (Å²) in [5, 5.41) is 10.2. The van der Waals surface area contributed by atoms with Crippen molar-refractivity contribution in [3.05, 3.63) is 63.9 Å². The van der Waals surface area contributed by atoms with Gasteiger partial charge in [0.15, 0.2) is 0 Å². The lowest BCUT2D eigenvalue weighted by molar-refractivity contribution is 0.0650. The molecule has 19 heavy (non-hydrogen) atoms. The van der Waals surface area contributed by atoms with Gasteiger partial charge in [-0.1, -0.05) is 34.1 Å². The zero-order valence-corrected chi connectivity index (χ0v) is 11.6. The minimum absolute atomic E-state index is 0.278. The average molecular weight is 323 g/mol. The molecule has 1 N–H and O–H groups in total. The fourth-order valence-corrected chi connectivity index (χ4v) is 2.88. The SMILES string of the molecule is O[C@H]1CC(c2ccccc2Br)Oc2cc(F)ccc21. The Kier molecular flexibility index (Phi) is 3.29. The van der Waals surface area contributed by atoms with Crippen molar-refractivity contribution in [2.75, 3.05) is 0 Å². The third-order valence-electron chi connectivity index (χ3n) is 3.29. The number of benzene rings is 2. The second-order valence-corrected chi connectivity index (χ2v) is 5.42. The Morgan fingerprint density at radius 3 is 2.74 bits per heavy atom. The summed E-state index contributed by atoms with van der Waals surface area (Å²) in [6, 6.07) is 11.9. The molecule has 1 unspecified atom stereocenters. The van der Waals surface area contributed by atoms with Crippen molar-refractivity contribution in [2.45, 2.75) is 18.6 Å². The highest BCUT2D eigenvalue weighted by Crippen LogP contribution is 2.42. The van der Waals surface area contributed by atoms with E-state index in [-0.39, 0.29) is 11.9 Å². The molecule has 2 aromatic rings. The molecular weight excluding hydrogens is 311 g/mol. The van der Waals surface area contributed by atoms with E-state index in [4.69, 9.17) is 4.74 Å². The van der Waals surface area contributed by atoms with Crippen LogP contribution in [0, 0.1) is 5.82 Å². The van der Waals surface area contributed by atoms with Crippen molar-refractivity contribution < 1.29 is 14.2 Å². The van der Waals surface area contributed by atoms with Crippen LogP contribution < -0.4 is 4.74 Å². The molecule has 2 aromatic carbocycles. The van der Waals surface area contributed by atoms with Gasteiger partial charge in [0.25, 0.3) is 0 Å². The second-order valence-electron chi connectivity index (χ2n) is 4.56. The van der Waals surface area contributed by atoms with Gasteiger partial charge in [0.05, 0.1) is 6.10 Å². The van der Waals surface area contributed by atoms with Crippen LogP contribution in [0.5, 0.6) is 5.75 Å². The topological polar surface area (TPSA) is 29.5 Å². The minimum atomic E-state index is -0.638. The summed E-state index contributed by atoms with van der Waals surface area (Å²) in [6.45, 7) is 0. The molecule has 1 heterocycles. The molecule has 0 radical (unpaired) electrons. The summed E-state index contributed by atoms with van der Waals surface area (Å²) in [5.74, 6) is 0.0539. The van der Waals surface area contributed by atoms with Gasteiger partial charge in [-0.15, -0.1) is 0 Å². The molecule has 0 bridgehead atoms. The number of aliphatic hydroxyl groups excluding tert-OH is 1. The molecule has 0 fully saturated rings. The number of hydrogen-bond donors (Lipinski definition) is 1. The first-order valence-corrected chi connectivity index (χ1v) is 6.83. The van der Waals surface area contributed by atoms with Crippen molar-refractivity contribution in [2.24, 2.45) is 0 Å². The third kappa shape index (κ3) is 2.38. The standard InChI is InChI=1S/C15H12BrFO2/c16-12-4-2-1-3-10(12)15-8-13(18)11-6-5-9(17)7-14(11)19-15/h1-7,13,15,18H,8H2/t13-,15?/m0/s1. The molecule has 0 saturated heterocycles. The van der Waals surface area contributed by atoms with Crippen LogP contribution >= 0.6 is 15.9 Å². The number of halogens is 2. The summed E-state index contributed by atoms with van der Waals surface area (Å²) < 4.78 is 20.0. The van der Waals surface area contributed by atoms with Crippen molar-refractivity contribution in [3.8, 4) is 5.75 Å². The van der Waals surface area contributed by atoms with E-state index in [0.29, 0.717) is 17.7 Å². The Bertz CT molecular complexity index is 615. The van der Waals surface area contributed by atoms with E-state index >= 15 is 0 Å². The van der Waals surface area contributed by atoms with Gasteiger partial charge in [0.1, 0.15) is 17.7 Å². The van der Waals surface area contributed by atoms with Crippen LogP contribution in [0.2, 0.25) is 0 Å². The predicted molar refractivity (Wildman–Crippen MR) is 73.5 cm³/mol. The van der Waals surface area contributed by atoms with E-state index in [1.165, 1.54) is 12.1 Å². The molecule has 98 valence electrons. The van der Waals surface area contributed by atoms with Crippen LogP contribution in [-0.2, 0) is 0 Å². The summed E-state index contributed by atoms with van der Waals surface area (Å²) in [6.07, 6.45) is -0.456. The molecule has 1 aliphatic rings. The Morgan fingerprint density at radius 2 is 1.95 bits per heavy atom. The second kappa shape index (κ2) is 4.94. The minimum Gasteiger partial charge on any atom is -0.485 e. The van der Waals surface area contributed by atoms with E-state index in [9.17, 15) is 9.50 Å². The molecule has 2 atom stereocenters. The lowest BCUT2D eigenvalue weighted by atomic mass is 9.95. The van der Waals surface area contributed by atoms with Crippen molar-refractivity contribution in [1.82, 2.24) is 0 Å². The predicted octanol–water partition coefficient (Wildman–Crippen LogP) is 4.15. The molecule has 0 saturated carbocycles. The van der Waals surface area contributed by atoms with Gasteiger partial charge in [-0.25, -0.2) is 4.39 Å². The fraction of sp³-hybridized carbons (Fsp3) is 0.200. The number of fused-ring (bicyclic) bond motifs is 1. The lowest BCUT2D eigenvalue weighted by Crippen LogP contribution is -2.19. The molecule has 2 nitrogen and oxygen atoms in total. The Morgan fingerprint density at radius 1 is 1.16 bits per heavy atom. The van der Waals surface area contributed by atoms with Crippen LogP contribution in [0.25, 0.3) is 0 Å². The molecule has 4 heteroatoms. The number of rotatable bonds is 1. The maximum Gasteiger partial charge on any atom is 0.128 e. The summed E-state index contributed by atoms with van der Waals surface area (Å²) >= 11 is 3.47. The first kappa shape index (κ1) is 12.6. The van der Waals surface area contributed by atoms with E-state index in [2.05, 4.69) is 15.9 Å². The van der Waals surface area contributed by atoms with Gasteiger partial charge in [0, 0.05) is 28.1 Å². The first-order chi connectivity index (χ1) is 9.15. The summed E-state index contributed by atoms with van der Waals surface area (Å²) in [7, 11) is 0. The van der Waals surface area contributed by atoms with Gasteiger partial charge in [-0.05, 0) is 18.2 Å². The summed E-state index contributed by atoms with van der Waals surface area (Å²) in [5.41, 5.74) is 1.60. The van der Waals surface area contributed by atoms with Gasteiger partial charge in [-0.2, -0.15) is 0 Å². The molecule has 0 aliphatic carbocycles. The van der Waals surface area contributed by atoms with Crippen LogP contribution in [0.15, 0.2) is 46.9 Å².